The number of hydrogen-bond donors (Lipinski definition) is 0. The van der Waals surface area contributed by atoms with E-state index in [0.717, 1.165) is 15.4 Å². The summed E-state index contributed by atoms with van der Waals surface area (Å²) in [7, 11) is 0. The first-order chi connectivity index (χ1) is 8.99. The lowest BCUT2D eigenvalue weighted by atomic mass is 10.00. The maximum absolute atomic E-state index is 3.82. The Morgan fingerprint density at radius 3 is 2.32 bits per heavy atom. The SMILES string of the molecule is Cc1cc(Br)c(C(Br)Cc2ccccc2C)cc1Br. The smallest absolute Gasteiger partial charge is 0.0447 e. The van der Waals surface area contributed by atoms with Crippen molar-refractivity contribution in [3.8, 4) is 0 Å². The maximum atomic E-state index is 3.82. The lowest BCUT2D eigenvalue weighted by Crippen LogP contribution is -1.99. The van der Waals surface area contributed by atoms with Crippen molar-refractivity contribution >= 4 is 47.8 Å². The second-order valence-electron chi connectivity index (χ2n) is 4.72. The molecule has 0 spiro atoms. The topological polar surface area (TPSA) is 0 Å². The van der Waals surface area contributed by atoms with E-state index >= 15 is 0 Å². The number of rotatable bonds is 3. The zero-order valence-corrected chi connectivity index (χ0v) is 15.6. The van der Waals surface area contributed by atoms with Crippen molar-refractivity contribution in [1.82, 2.24) is 0 Å². The minimum absolute atomic E-state index is 0.305. The summed E-state index contributed by atoms with van der Waals surface area (Å²) in [5, 5.41) is 0. The molecule has 0 saturated heterocycles. The highest BCUT2D eigenvalue weighted by Crippen LogP contribution is 2.36. The minimum Gasteiger partial charge on any atom is -0.0835 e. The van der Waals surface area contributed by atoms with Crippen molar-refractivity contribution < 1.29 is 0 Å². The van der Waals surface area contributed by atoms with E-state index < -0.39 is 0 Å². The van der Waals surface area contributed by atoms with Crippen LogP contribution in [0.15, 0.2) is 45.3 Å². The van der Waals surface area contributed by atoms with Crippen LogP contribution in [0.5, 0.6) is 0 Å². The third kappa shape index (κ3) is 3.71. The van der Waals surface area contributed by atoms with Crippen molar-refractivity contribution in [3.05, 3.63) is 67.6 Å². The average molecular weight is 447 g/mol. The van der Waals surface area contributed by atoms with Crippen molar-refractivity contribution in [2.24, 2.45) is 0 Å². The molecular weight excluding hydrogens is 432 g/mol. The van der Waals surface area contributed by atoms with Crippen molar-refractivity contribution in [2.75, 3.05) is 0 Å². The molecule has 0 aliphatic rings. The summed E-state index contributed by atoms with van der Waals surface area (Å²) in [4.78, 5) is 0.305. The maximum Gasteiger partial charge on any atom is 0.0447 e. The molecule has 0 amide bonds. The van der Waals surface area contributed by atoms with Gasteiger partial charge in [-0.05, 0) is 54.7 Å². The fourth-order valence-electron chi connectivity index (χ4n) is 2.04. The van der Waals surface area contributed by atoms with Crippen molar-refractivity contribution in [1.29, 1.82) is 0 Å². The van der Waals surface area contributed by atoms with Crippen LogP contribution < -0.4 is 0 Å². The largest absolute Gasteiger partial charge is 0.0835 e. The van der Waals surface area contributed by atoms with Gasteiger partial charge in [0.25, 0.3) is 0 Å². The van der Waals surface area contributed by atoms with E-state index in [0.29, 0.717) is 4.83 Å². The highest BCUT2D eigenvalue weighted by atomic mass is 79.9. The van der Waals surface area contributed by atoms with E-state index in [9.17, 15) is 0 Å². The molecule has 1 atom stereocenters. The van der Waals surface area contributed by atoms with Gasteiger partial charge in [-0.2, -0.15) is 0 Å². The summed E-state index contributed by atoms with van der Waals surface area (Å²) in [5.74, 6) is 0. The second-order valence-corrected chi connectivity index (χ2v) is 7.54. The Labute approximate surface area is 140 Å². The van der Waals surface area contributed by atoms with Crippen LogP contribution in [0.3, 0.4) is 0 Å². The van der Waals surface area contributed by atoms with Gasteiger partial charge in [-0.25, -0.2) is 0 Å². The number of benzene rings is 2. The number of hydrogen-bond acceptors (Lipinski definition) is 0. The summed E-state index contributed by atoms with van der Waals surface area (Å²) >= 11 is 11.1. The Bertz CT molecular complexity index is 591. The van der Waals surface area contributed by atoms with Crippen LogP contribution in [0.25, 0.3) is 0 Å². The summed E-state index contributed by atoms with van der Waals surface area (Å²) in [6, 6.07) is 12.9. The van der Waals surface area contributed by atoms with Gasteiger partial charge in [-0.15, -0.1) is 0 Å². The van der Waals surface area contributed by atoms with E-state index in [1.165, 1.54) is 22.3 Å². The Hall–Kier alpha value is -0.120. The van der Waals surface area contributed by atoms with Gasteiger partial charge in [0.2, 0.25) is 0 Å². The molecule has 2 aromatic rings. The molecule has 2 rings (SSSR count). The zero-order valence-electron chi connectivity index (χ0n) is 10.9. The molecule has 100 valence electrons. The van der Waals surface area contributed by atoms with E-state index in [4.69, 9.17) is 0 Å². The quantitative estimate of drug-likeness (QED) is 0.471. The van der Waals surface area contributed by atoms with Gasteiger partial charge in [-0.1, -0.05) is 72.1 Å². The fourth-order valence-corrected chi connectivity index (χ4v) is 4.17. The van der Waals surface area contributed by atoms with E-state index in [1.54, 1.807) is 0 Å². The van der Waals surface area contributed by atoms with Gasteiger partial charge in [0.05, 0.1) is 0 Å². The molecular formula is C16H15Br3. The monoisotopic (exact) mass is 444 g/mol. The standard InChI is InChI=1S/C16H15Br3/c1-10-5-3-4-6-12(10)8-16(19)13-9-14(17)11(2)7-15(13)18/h3-7,9,16H,8H2,1-2H3. The predicted octanol–water partition coefficient (Wildman–Crippen LogP) is 6.51. The zero-order chi connectivity index (χ0) is 14.0. The van der Waals surface area contributed by atoms with E-state index in [2.05, 4.69) is 98.0 Å². The third-order valence-corrected chi connectivity index (χ3v) is 5.63. The first kappa shape index (κ1) is 15.3. The first-order valence-corrected chi connectivity index (χ1v) is 8.63. The van der Waals surface area contributed by atoms with Crippen LogP contribution >= 0.6 is 47.8 Å². The summed E-state index contributed by atoms with van der Waals surface area (Å²) in [6.45, 7) is 4.26. The summed E-state index contributed by atoms with van der Waals surface area (Å²) < 4.78 is 2.31. The normalized spacial score (nSPS) is 12.5. The Kier molecular flexibility index (Phi) is 5.27. The number of aryl methyl sites for hydroxylation is 2. The highest BCUT2D eigenvalue weighted by molar-refractivity contribution is 9.11. The Balaban J connectivity index is 2.28. The van der Waals surface area contributed by atoms with Gasteiger partial charge in [0.1, 0.15) is 0 Å². The molecule has 0 heterocycles. The van der Waals surface area contributed by atoms with E-state index in [-0.39, 0.29) is 0 Å². The van der Waals surface area contributed by atoms with Crippen LogP contribution in [-0.2, 0) is 6.42 Å². The minimum atomic E-state index is 0.305. The Morgan fingerprint density at radius 1 is 0.947 bits per heavy atom. The van der Waals surface area contributed by atoms with Crippen LogP contribution in [0.2, 0.25) is 0 Å². The lowest BCUT2D eigenvalue weighted by Gasteiger charge is -2.15. The van der Waals surface area contributed by atoms with Crippen LogP contribution in [-0.4, -0.2) is 0 Å². The molecule has 0 radical (unpaired) electrons. The lowest BCUT2D eigenvalue weighted by molar-refractivity contribution is 0.931. The molecule has 19 heavy (non-hydrogen) atoms. The van der Waals surface area contributed by atoms with Crippen LogP contribution in [0, 0.1) is 13.8 Å². The van der Waals surface area contributed by atoms with Crippen molar-refractivity contribution in [2.45, 2.75) is 25.1 Å². The highest BCUT2D eigenvalue weighted by Gasteiger charge is 2.14. The summed E-state index contributed by atoms with van der Waals surface area (Å²) in [6.07, 6.45) is 0.987. The molecule has 0 aliphatic heterocycles. The molecule has 2 aromatic carbocycles. The van der Waals surface area contributed by atoms with Gasteiger partial charge < -0.3 is 0 Å². The van der Waals surface area contributed by atoms with Gasteiger partial charge in [-0.3, -0.25) is 0 Å². The van der Waals surface area contributed by atoms with Crippen molar-refractivity contribution in [3.63, 3.8) is 0 Å². The van der Waals surface area contributed by atoms with Crippen LogP contribution in [0.4, 0.5) is 0 Å². The van der Waals surface area contributed by atoms with Gasteiger partial charge in [0, 0.05) is 13.8 Å². The Morgan fingerprint density at radius 2 is 1.63 bits per heavy atom. The van der Waals surface area contributed by atoms with Gasteiger partial charge >= 0.3 is 0 Å². The molecule has 0 aromatic heterocycles. The molecule has 1 unspecified atom stereocenters. The first-order valence-electron chi connectivity index (χ1n) is 6.13. The molecule has 0 aliphatic carbocycles. The number of alkyl halides is 1. The molecule has 0 N–H and O–H groups in total. The molecule has 0 nitrogen and oxygen atoms in total. The average Bonchev–Trinajstić information content (AvgIpc) is 2.36. The molecule has 0 bridgehead atoms. The number of halogens is 3. The van der Waals surface area contributed by atoms with Gasteiger partial charge in [0.15, 0.2) is 0 Å². The second kappa shape index (κ2) is 6.55. The predicted molar refractivity (Wildman–Crippen MR) is 93.1 cm³/mol. The fraction of sp³-hybridized carbons (Fsp3) is 0.250. The summed E-state index contributed by atoms with van der Waals surface area (Å²) in [5.41, 5.74) is 5.24. The molecule has 3 heteroatoms. The molecule has 0 fully saturated rings. The van der Waals surface area contributed by atoms with Crippen LogP contribution in [0.1, 0.15) is 27.1 Å². The van der Waals surface area contributed by atoms with E-state index in [1.807, 2.05) is 0 Å². The third-order valence-electron chi connectivity index (χ3n) is 3.28. The molecule has 0 saturated carbocycles.